The Morgan fingerprint density at radius 2 is 1.20 bits per heavy atom. The number of ether oxygens (including phenoxy) is 4. The molecule has 0 bridgehead atoms. The van der Waals surface area contributed by atoms with Crippen LogP contribution in [0, 0.1) is 0 Å². The molecule has 9 heteroatoms. The molecule has 0 aliphatic heterocycles. The molecule has 1 heterocycles. The number of benzene rings is 4. The highest BCUT2D eigenvalue weighted by molar-refractivity contribution is 5.84. The largest absolute Gasteiger partial charge is 0.573 e. The van der Waals surface area contributed by atoms with Gasteiger partial charge in [-0.15, -0.1) is 13.2 Å². The van der Waals surface area contributed by atoms with Crippen LogP contribution in [0.5, 0.6) is 23.0 Å². The normalized spacial score (nSPS) is 11.2. The maximum absolute atomic E-state index is 12.9. The van der Waals surface area contributed by atoms with Gasteiger partial charge in [-0.2, -0.15) is 0 Å². The standard InChI is InChI=1S/C31H25F3N2O4/c1-37-25-18-22(19-26(38-2)29(25)39-3)30-35-27(20-10-6-4-7-11-20)28(21-12-8-5-9-13-21)36(30)23-14-16-24(17-15-23)40-31(32,33)34/h4-19H,1-3H3. The molecular weight excluding hydrogens is 521 g/mol. The zero-order chi connectivity index (χ0) is 28.3. The van der Waals surface area contributed by atoms with Crippen LogP contribution in [0.3, 0.4) is 0 Å². The molecule has 0 fully saturated rings. The highest BCUT2D eigenvalue weighted by Crippen LogP contribution is 2.44. The van der Waals surface area contributed by atoms with Crippen LogP contribution in [-0.2, 0) is 0 Å². The quantitative estimate of drug-likeness (QED) is 0.199. The second kappa shape index (κ2) is 11.1. The number of rotatable bonds is 8. The van der Waals surface area contributed by atoms with Gasteiger partial charge in [0.1, 0.15) is 11.6 Å². The van der Waals surface area contributed by atoms with Crippen molar-refractivity contribution in [2.75, 3.05) is 21.3 Å². The fraction of sp³-hybridized carbons (Fsp3) is 0.129. The van der Waals surface area contributed by atoms with Crippen LogP contribution in [0.25, 0.3) is 39.6 Å². The minimum Gasteiger partial charge on any atom is -0.493 e. The highest BCUT2D eigenvalue weighted by atomic mass is 19.4. The monoisotopic (exact) mass is 546 g/mol. The van der Waals surface area contributed by atoms with E-state index in [2.05, 4.69) is 4.74 Å². The van der Waals surface area contributed by atoms with Gasteiger partial charge >= 0.3 is 6.36 Å². The van der Waals surface area contributed by atoms with E-state index >= 15 is 0 Å². The number of hydrogen-bond donors (Lipinski definition) is 0. The van der Waals surface area contributed by atoms with E-state index in [1.807, 2.05) is 65.2 Å². The van der Waals surface area contributed by atoms with Crippen molar-refractivity contribution in [2.24, 2.45) is 0 Å². The summed E-state index contributed by atoms with van der Waals surface area (Å²) in [6, 6.07) is 28.6. The maximum Gasteiger partial charge on any atom is 0.573 e. The molecule has 6 nitrogen and oxygen atoms in total. The summed E-state index contributed by atoms with van der Waals surface area (Å²) >= 11 is 0. The van der Waals surface area contributed by atoms with Crippen LogP contribution in [0.4, 0.5) is 13.2 Å². The average molecular weight is 547 g/mol. The summed E-state index contributed by atoms with van der Waals surface area (Å²) in [4.78, 5) is 5.09. The molecular formula is C31H25F3N2O4. The number of nitrogens with zero attached hydrogens (tertiary/aromatic N) is 2. The fourth-order valence-electron chi connectivity index (χ4n) is 4.53. The molecule has 4 aromatic carbocycles. The fourth-order valence-corrected chi connectivity index (χ4v) is 4.53. The molecule has 40 heavy (non-hydrogen) atoms. The predicted molar refractivity (Wildman–Crippen MR) is 146 cm³/mol. The first-order valence-corrected chi connectivity index (χ1v) is 12.2. The van der Waals surface area contributed by atoms with E-state index in [1.54, 1.807) is 24.3 Å². The Balaban J connectivity index is 1.83. The molecule has 0 unspecified atom stereocenters. The minimum absolute atomic E-state index is 0.324. The van der Waals surface area contributed by atoms with E-state index in [9.17, 15) is 13.2 Å². The summed E-state index contributed by atoms with van der Waals surface area (Å²) in [7, 11) is 4.57. The first kappa shape index (κ1) is 26.7. The summed E-state index contributed by atoms with van der Waals surface area (Å²) in [5.41, 5.74) is 4.39. The molecule has 0 amide bonds. The highest BCUT2D eigenvalue weighted by Gasteiger charge is 2.31. The van der Waals surface area contributed by atoms with Gasteiger partial charge in [-0.3, -0.25) is 4.57 Å². The summed E-state index contributed by atoms with van der Waals surface area (Å²) in [6.07, 6.45) is -4.80. The zero-order valence-electron chi connectivity index (χ0n) is 21.9. The van der Waals surface area contributed by atoms with E-state index in [1.165, 1.54) is 33.5 Å². The Hall–Kier alpha value is -4.92. The number of aromatic nitrogens is 2. The van der Waals surface area contributed by atoms with Gasteiger partial charge in [0.25, 0.3) is 0 Å². The van der Waals surface area contributed by atoms with Crippen molar-refractivity contribution in [1.82, 2.24) is 9.55 Å². The summed E-state index contributed by atoms with van der Waals surface area (Å²) in [5.74, 6) is 1.48. The Kier molecular flexibility index (Phi) is 7.37. The molecule has 1 aromatic heterocycles. The van der Waals surface area contributed by atoms with Gasteiger partial charge in [0, 0.05) is 22.4 Å². The zero-order valence-corrected chi connectivity index (χ0v) is 21.9. The van der Waals surface area contributed by atoms with E-state index in [-0.39, 0.29) is 5.75 Å². The molecule has 0 saturated heterocycles. The number of imidazole rings is 1. The van der Waals surface area contributed by atoms with Gasteiger partial charge in [0.15, 0.2) is 11.5 Å². The van der Waals surface area contributed by atoms with Crippen molar-refractivity contribution < 1.29 is 32.1 Å². The Morgan fingerprint density at radius 1 is 0.650 bits per heavy atom. The van der Waals surface area contributed by atoms with Crippen LogP contribution in [0.15, 0.2) is 97.1 Å². The lowest BCUT2D eigenvalue weighted by Crippen LogP contribution is -2.17. The van der Waals surface area contributed by atoms with Crippen molar-refractivity contribution >= 4 is 0 Å². The first-order valence-electron chi connectivity index (χ1n) is 12.2. The average Bonchev–Trinajstić information content (AvgIpc) is 3.37. The molecule has 204 valence electrons. The van der Waals surface area contributed by atoms with Gasteiger partial charge in [0.05, 0.1) is 32.7 Å². The number of halogens is 3. The van der Waals surface area contributed by atoms with Crippen molar-refractivity contribution in [2.45, 2.75) is 6.36 Å². The van der Waals surface area contributed by atoms with Crippen molar-refractivity contribution in [3.8, 4) is 62.6 Å². The smallest absolute Gasteiger partial charge is 0.493 e. The topological polar surface area (TPSA) is 54.7 Å². The van der Waals surface area contributed by atoms with Crippen LogP contribution in [-0.4, -0.2) is 37.2 Å². The number of hydrogen-bond acceptors (Lipinski definition) is 5. The first-order chi connectivity index (χ1) is 19.3. The molecule has 0 N–H and O–H groups in total. The summed E-state index contributed by atoms with van der Waals surface area (Å²) in [5, 5.41) is 0. The molecule has 0 radical (unpaired) electrons. The van der Waals surface area contributed by atoms with Crippen LogP contribution in [0.2, 0.25) is 0 Å². The molecule has 5 rings (SSSR count). The predicted octanol–water partition coefficient (Wildman–Crippen LogP) is 7.80. The third-order valence-electron chi connectivity index (χ3n) is 6.22. The van der Waals surface area contributed by atoms with Gasteiger partial charge < -0.3 is 18.9 Å². The Labute approximate surface area is 229 Å². The van der Waals surface area contributed by atoms with Gasteiger partial charge in [-0.05, 0) is 36.4 Å². The lowest BCUT2D eigenvalue weighted by molar-refractivity contribution is -0.274. The van der Waals surface area contributed by atoms with Gasteiger partial charge in [0.2, 0.25) is 5.75 Å². The third-order valence-corrected chi connectivity index (χ3v) is 6.22. The number of alkyl halides is 3. The third kappa shape index (κ3) is 5.31. The molecule has 0 aliphatic rings. The molecule has 0 aliphatic carbocycles. The summed E-state index contributed by atoms with van der Waals surface area (Å²) in [6.45, 7) is 0. The van der Waals surface area contributed by atoms with Crippen molar-refractivity contribution in [3.05, 3.63) is 97.1 Å². The lowest BCUT2D eigenvalue weighted by atomic mass is 10.0. The number of methoxy groups -OCH3 is 3. The Morgan fingerprint density at radius 3 is 1.70 bits per heavy atom. The second-order valence-electron chi connectivity index (χ2n) is 8.66. The lowest BCUT2D eigenvalue weighted by Gasteiger charge is -2.17. The molecule has 0 spiro atoms. The van der Waals surface area contributed by atoms with Crippen LogP contribution in [0.1, 0.15) is 0 Å². The van der Waals surface area contributed by atoms with Crippen LogP contribution >= 0.6 is 0 Å². The van der Waals surface area contributed by atoms with Crippen molar-refractivity contribution in [1.29, 1.82) is 0 Å². The SMILES string of the molecule is COc1cc(-c2nc(-c3ccccc3)c(-c3ccccc3)n2-c2ccc(OC(F)(F)F)cc2)cc(OC)c1OC. The van der Waals surface area contributed by atoms with Gasteiger partial charge in [-0.1, -0.05) is 60.7 Å². The minimum atomic E-state index is -4.80. The van der Waals surface area contributed by atoms with Crippen LogP contribution < -0.4 is 18.9 Å². The maximum atomic E-state index is 12.9. The molecule has 5 aromatic rings. The van der Waals surface area contributed by atoms with E-state index < -0.39 is 6.36 Å². The van der Waals surface area contributed by atoms with Gasteiger partial charge in [-0.25, -0.2) is 4.98 Å². The van der Waals surface area contributed by atoms with E-state index in [4.69, 9.17) is 19.2 Å². The molecule has 0 saturated carbocycles. The second-order valence-corrected chi connectivity index (χ2v) is 8.66. The summed E-state index contributed by atoms with van der Waals surface area (Å²) < 4.78 is 61.3. The van der Waals surface area contributed by atoms with E-state index in [0.29, 0.717) is 40.0 Å². The van der Waals surface area contributed by atoms with Crippen molar-refractivity contribution in [3.63, 3.8) is 0 Å². The van der Waals surface area contributed by atoms with E-state index in [0.717, 1.165) is 16.8 Å². The molecule has 0 atom stereocenters. The Bertz CT molecular complexity index is 1580.